The third-order valence-electron chi connectivity index (χ3n) is 2.83. The van der Waals surface area contributed by atoms with Gasteiger partial charge in [-0.1, -0.05) is 6.07 Å². The average Bonchev–Trinajstić information content (AvgIpc) is 2.86. The number of methoxy groups -OCH3 is 1. The van der Waals surface area contributed by atoms with E-state index in [0.717, 1.165) is 5.04 Å². The van der Waals surface area contributed by atoms with Gasteiger partial charge in [0.25, 0.3) is 0 Å². The quantitative estimate of drug-likeness (QED) is 0.798. The summed E-state index contributed by atoms with van der Waals surface area (Å²) in [6.45, 7) is 0. The summed E-state index contributed by atoms with van der Waals surface area (Å²) in [6, 6.07) is 3.32. The number of benzene rings is 1. The maximum atomic E-state index is 13.4. The van der Waals surface area contributed by atoms with Crippen LogP contribution in [0.25, 0.3) is 0 Å². The van der Waals surface area contributed by atoms with E-state index in [0.29, 0.717) is 12.2 Å². The van der Waals surface area contributed by atoms with Gasteiger partial charge < -0.3 is 4.74 Å². The van der Waals surface area contributed by atoms with Gasteiger partial charge >= 0.3 is 5.97 Å². The summed E-state index contributed by atoms with van der Waals surface area (Å²) in [5, 5.41) is 0.734. The lowest BCUT2D eigenvalue weighted by atomic mass is 10.1. The lowest BCUT2D eigenvalue weighted by Gasteiger charge is -2.04. The van der Waals surface area contributed by atoms with Gasteiger partial charge in [0, 0.05) is 11.3 Å². The molecule has 0 radical (unpaired) electrons. The Bertz CT molecular complexity index is 499. The summed E-state index contributed by atoms with van der Waals surface area (Å²) in [5.41, 5.74) is 0.0623. The summed E-state index contributed by atoms with van der Waals surface area (Å²) < 4.78 is 31.5. The number of thioether (sulfide) groups is 1. The van der Waals surface area contributed by atoms with Crippen molar-refractivity contribution in [1.82, 2.24) is 0 Å². The lowest BCUT2D eigenvalue weighted by molar-refractivity contribution is -0.141. The van der Waals surface area contributed by atoms with Gasteiger partial charge in [0.1, 0.15) is 11.6 Å². The van der Waals surface area contributed by atoms with Crippen LogP contribution in [0.3, 0.4) is 0 Å². The number of esters is 1. The molecule has 0 amide bonds. The fourth-order valence-electron chi connectivity index (χ4n) is 1.82. The SMILES string of the molecule is COC(=O)C1CSC(CCc2c(F)cccc2F)=N1. The van der Waals surface area contributed by atoms with Gasteiger partial charge in [0.2, 0.25) is 0 Å². The van der Waals surface area contributed by atoms with Crippen LogP contribution in [0.4, 0.5) is 8.78 Å². The van der Waals surface area contributed by atoms with Crippen molar-refractivity contribution in [1.29, 1.82) is 0 Å². The Hall–Kier alpha value is -1.43. The molecule has 2 rings (SSSR count). The Morgan fingerprint density at radius 2 is 2.11 bits per heavy atom. The second-order valence-electron chi connectivity index (χ2n) is 4.07. The first-order chi connectivity index (χ1) is 9.11. The number of hydrogen-bond donors (Lipinski definition) is 0. The third-order valence-corrected chi connectivity index (χ3v) is 3.96. The molecule has 3 nitrogen and oxygen atoms in total. The topological polar surface area (TPSA) is 38.7 Å². The number of ether oxygens (including phenoxy) is 1. The highest BCUT2D eigenvalue weighted by Crippen LogP contribution is 2.23. The molecule has 19 heavy (non-hydrogen) atoms. The van der Waals surface area contributed by atoms with Gasteiger partial charge in [-0.25, -0.2) is 13.6 Å². The van der Waals surface area contributed by atoms with E-state index < -0.39 is 17.7 Å². The number of hydrogen-bond acceptors (Lipinski definition) is 4. The summed E-state index contributed by atoms with van der Waals surface area (Å²) in [7, 11) is 1.31. The van der Waals surface area contributed by atoms with Crippen LogP contribution in [-0.2, 0) is 16.0 Å². The van der Waals surface area contributed by atoms with E-state index in [9.17, 15) is 13.6 Å². The molecule has 1 aromatic rings. The minimum absolute atomic E-state index is 0.0623. The molecular weight excluding hydrogens is 272 g/mol. The highest BCUT2D eigenvalue weighted by atomic mass is 32.2. The molecule has 1 aliphatic heterocycles. The van der Waals surface area contributed by atoms with Gasteiger partial charge in [-0.05, 0) is 25.0 Å². The summed E-state index contributed by atoms with van der Waals surface area (Å²) in [6.07, 6.45) is 0.661. The van der Waals surface area contributed by atoms with E-state index >= 15 is 0 Å². The predicted octanol–water partition coefficient (Wildman–Crippen LogP) is 2.58. The van der Waals surface area contributed by atoms with Crippen LogP contribution in [0, 0.1) is 11.6 Å². The van der Waals surface area contributed by atoms with Crippen LogP contribution in [0.2, 0.25) is 0 Å². The van der Waals surface area contributed by atoms with Crippen molar-refractivity contribution < 1.29 is 18.3 Å². The second-order valence-corrected chi connectivity index (χ2v) is 5.17. The standard InChI is InChI=1S/C13H13F2NO2S/c1-18-13(17)11-7-19-12(16-11)6-5-8-9(14)3-2-4-10(8)15/h2-4,11H,5-7H2,1H3. The normalized spacial score (nSPS) is 18.3. The van der Waals surface area contributed by atoms with Crippen molar-refractivity contribution in [3.63, 3.8) is 0 Å². The van der Waals surface area contributed by atoms with E-state index in [1.807, 2.05) is 0 Å². The zero-order valence-corrected chi connectivity index (χ0v) is 11.2. The average molecular weight is 285 g/mol. The molecule has 0 bridgehead atoms. The van der Waals surface area contributed by atoms with Gasteiger partial charge in [-0.3, -0.25) is 4.99 Å². The zero-order chi connectivity index (χ0) is 13.8. The van der Waals surface area contributed by atoms with Crippen LogP contribution < -0.4 is 0 Å². The molecule has 0 fully saturated rings. The highest BCUT2D eigenvalue weighted by Gasteiger charge is 2.25. The van der Waals surface area contributed by atoms with Crippen molar-refractivity contribution in [3.8, 4) is 0 Å². The van der Waals surface area contributed by atoms with E-state index in [4.69, 9.17) is 0 Å². The largest absolute Gasteiger partial charge is 0.467 e. The number of carbonyl (C=O) groups is 1. The molecule has 1 aromatic carbocycles. The van der Waals surface area contributed by atoms with Crippen molar-refractivity contribution in [2.75, 3.05) is 12.9 Å². The van der Waals surface area contributed by atoms with Crippen LogP contribution in [0.15, 0.2) is 23.2 Å². The van der Waals surface area contributed by atoms with Crippen molar-refractivity contribution in [2.24, 2.45) is 4.99 Å². The van der Waals surface area contributed by atoms with Gasteiger partial charge in [-0.15, -0.1) is 11.8 Å². The Morgan fingerprint density at radius 3 is 2.74 bits per heavy atom. The molecule has 0 aromatic heterocycles. The summed E-state index contributed by atoms with van der Waals surface area (Å²) in [5.74, 6) is -0.942. The van der Waals surface area contributed by atoms with Crippen LogP contribution in [0.1, 0.15) is 12.0 Å². The fraction of sp³-hybridized carbons (Fsp3) is 0.385. The summed E-state index contributed by atoms with van der Waals surface area (Å²) in [4.78, 5) is 15.5. The predicted molar refractivity (Wildman–Crippen MR) is 70.4 cm³/mol. The highest BCUT2D eigenvalue weighted by molar-refractivity contribution is 8.14. The van der Waals surface area contributed by atoms with Gasteiger partial charge in [0.15, 0.2) is 6.04 Å². The number of aliphatic imine (C=N–C) groups is 1. The van der Waals surface area contributed by atoms with Gasteiger partial charge in [-0.2, -0.15) is 0 Å². The van der Waals surface area contributed by atoms with Crippen LogP contribution in [-0.4, -0.2) is 29.9 Å². The molecule has 0 N–H and O–H groups in total. The zero-order valence-electron chi connectivity index (χ0n) is 10.4. The second kappa shape index (κ2) is 6.14. The number of nitrogens with zero attached hydrogens (tertiary/aromatic N) is 1. The minimum Gasteiger partial charge on any atom is -0.467 e. The lowest BCUT2D eigenvalue weighted by Crippen LogP contribution is -2.19. The van der Waals surface area contributed by atoms with Crippen molar-refractivity contribution >= 4 is 22.8 Å². The molecule has 102 valence electrons. The third kappa shape index (κ3) is 3.32. The Balaban J connectivity index is 1.98. The van der Waals surface area contributed by atoms with Crippen LogP contribution >= 0.6 is 11.8 Å². The summed E-state index contributed by atoms with van der Waals surface area (Å²) >= 11 is 1.43. The smallest absolute Gasteiger partial charge is 0.331 e. The number of carbonyl (C=O) groups excluding carboxylic acids is 1. The van der Waals surface area contributed by atoms with E-state index in [2.05, 4.69) is 9.73 Å². The van der Waals surface area contributed by atoms with E-state index in [1.54, 1.807) is 0 Å². The fourth-order valence-corrected chi connectivity index (χ4v) is 2.83. The first-order valence-corrected chi connectivity index (χ1v) is 6.80. The maximum Gasteiger partial charge on any atom is 0.331 e. The van der Waals surface area contributed by atoms with Crippen LogP contribution in [0.5, 0.6) is 0 Å². The van der Waals surface area contributed by atoms with Gasteiger partial charge in [0.05, 0.1) is 12.2 Å². The minimum atomic E-state index is -0.548. The monoisotopic (exact) mass is 285 g/mol. The number of halogens is 2. The first-order valence-electron chi connectivity index (χ1n) is 5.82. The molecular formula is C13H13F2NO2S. The molecule has 0 saturated heterocycles. The number of rotatable bonds is 4. The Labute approximate surface area is 114 Å². The molecule has 0 spiro atoms. The first kappa shape index (κ1) is 14.0. The van der Waals surface area contributed by atoms with Crippen molar-refractivity contribution in [2.45, 2.75) is 18.9 Å². The molecule has 1 aliphatic rings. The maximum absolute atomic E-state index is 13.4. The molecule has 1 heterocycles. The molecule has 0 aliphatic carbocycles. The Kier molecular flexibility index (Phi) is 4.52. The molecule has 6 heteroatoms. The van der Waals surface area contributed by atoms with E-state index in [1.165, 1.54) is 37.1 Å². The molecule has 0 saturated carbocycles. The van der Waals surface area contributed by atoms with Crippen molar-refractivity contribution in [3.05, 3.63) is 35.4 Å². The molecule has 1 atom stereocenters. The Morgan fingerprint density at radius 1 is 1.42 bits per heavy atom. The molecule has 1 unspecified atom stereocenters. The van der Waals surface area contributed by atoms with E-state index in [-0.39, 0.29) is 18.0 Å².